The van der Waals surface area contributed by atoms with E-state index in [1.807, 2.05) is 6.92 Å². The molecule has 0 aromatic heterocycles. The number of hydrogen-bond acceptors (Lipinski definition) is 3. The van der Waals surface area contributed by atoms with E-state index in [9.17, 15) is 8.42 Å². The Bertz CT molecular complexity index is 559. The Kier molecular flexibility index (Phi) is 4.76. The van der Waals surface area contributed by atoms with E-state index < -0.39 is 16.1 Å². The summed E-state index contributed by atoms with van der Waals surface area (Å²) in [5.41, 5.74) is 6.67. The van der Waals surface area contributed by atoms with Crippen LogP contribution >= 0.6 is 0 Å². The van der Waals surface area contributed by atoms with Crippen LogP contribution in [0.3, 0.4) is 0 Å². The van der Waals surface area contributed by atoms with E-state index in [0.717, 1.165) is 6.42 Å². The average molecular weight is 266 g/mol. The summed E-state index contributed by atoms with van der Waals surface area (Å²) in [6.07, 6.45) is 6.73. The lowest BCUT2D eigenvalue weighted by atomic mass is 10.2. The molecule has 0 aliphatic carbocycles. The minimum Gasteiger partial charge on any atom is -0.399 e. The molecule has 5 heteroatoms. The number of aryl methyl sites for hydroxylation is 1. The molecule has 18 heavy (non-hydrogen) atoms. The van der Waals surface area contributed by atoms with Gasteiger partial charge in [0.25, 0.3) is 0 Å². The van der Waals surface area contributed by atoms with Gasteiger partial charge in [-0.1, -0.05) is 25.3 Å². The topological polar surface area (TPSA) is 72.2 Å². The number of terminal acetylenes is 1. The van der Waals surface area contributed by atoms with Crippen molar-refractivity contribution in [2.75, 3.05) is 5.73 Å². The monoisotopic (exact) mass is 266 g/mol. The van der Waals surface area contributed by atoms with Gasteiger partial charge in [0, 0.05) is 5.69 Å². The second kappa shape index (κ2) is 5.89. The van der Waals surface area contributed by atoms with Crippen molar-refractivity contribution in [3.63, 3.8) is 0 Å². The quantitative estimate of drug-likeness (QED) is 0.629. The molecule has 0 radical (unpaired) electrons. The van der Waals surface area contributed by atoms with Crippen molar-refractivity contribution in [3.8, 4) is 12.3 Å². The summed E-state index contributed by atoms with van der Waals surface area (Å²) in [5, 5.41) is 0. The Morgan fingerprint density at radius 3 is 2.72 bits per heavy atom. The highest BCUT2D eigenvalue weighted by molar-refractivity contribution is 7.89. The first-order valence-corrected chi connectivity index (χ1v) is 7.23. The first-order valence-electron chi connectivity index (χ1n) is 5.75. The van der Waals surface area contributed by atoms with E-state index in [1.54, 1.807) is 19.1 Å². The Hall–Kier alpha value is -1.51. The Balaban J connectivity index is 3.07. The maximum Gasteiger partial charge on any atom is 0.241 e. The van der Waals surface area contributed by atoms with Crippen LogP contribution < -0.4 is 10.5 Å². The molecule has 0 saturated heterocycles. The molecule has 0 bridgehead atoms. The summed E-state index contributed by atoms with van der Waals surface area (Å²) >= 11 is 0. The predicted molar refractivity (Wildman–Crippen MR) is 73.4 cm³/mol. The van der Waals surface area contributed by atoms with Crippen molar-refractivity contribution in [2.45, 2.75) is 37.6 Å². The highest BCUT2D eigenvalue weighted by atomic mass is 32.2. The van der Waals surface area contributed by atoms with Crippen LogP contribution in [-0.4, -0.2) is 14.5 Å². The average Bonchev–Trinajstić information content (AvgIpc) is 2.31. The molecule has 0 amide bonds. The van der Waals surface area contributed by atoms with E-state index in [4.69, 9.17) is 12.2 Å². The predicted octanol–water partition coefficient (Wildman–Crippen LogP) is 1.66. The smallest absolute Gasteiger partial charge is 0.241 e. The van der Waals surface area contributed by atoms with E-state index in [1.165, 1.54) is 6.07 Å². The minimum atomic E-state index is -3.62. The largest absolute Gasteiger partial charge is 0.399 e. The molecule has 1 aromatic carbocycles. The van der Waals surface area contributed by atoms with Crippen molar-refractivity contribution < 1.29 is 8.42 Å². The Morgan fingerprint density at radius 2 is 2.17 bits per heavy atom. The van der Waals surface area contributed by atoms with Crippen LogP contribution in [0, 0.1) is 19.3 Å². The van der Waals surface area contributed by atoms with Gasteiger partial charge >= 0.3 is 0 Å². The van der Waals surface area contributed by atoms with Crippen LogP contribution in [0.5, 0.6) is 0 Å². The third-order valence-corrected chi connectivity index (χ3v) is 4.19. The van der Waals surface area contributed by atoms with Crippen molar-refractivity contribution in [1.29, 1.82) is 0 Å². The number of nitrogens with two attached hydrogens (primary N) is 1. The molecule has 0 spiro atoms. The van der Waals surface area contributed by atoms with Gasteiger partial charge in [-0.25, -0.2) is 8.42 Å². The molecule has 0 saturated carbocycles. The molecule has 1 aromatic rings. The van der Waals surface area contributed by atoms with Crippen LogP contribution in [0.4, 0.5) is 5.69 Å². The van der Waals surface area contributed by atoms with Gasteiger partial charge in [-0.3, -0.25) is 0 Å². The van der Waals surface area contributed by atoms with E-state index in [-0.39, 0.29) is 4.90 Å². The Labute approximate surface area is 109 Å². The number of hydrogen-bond donors (Lipinski definition) is 2. The van der Waals surface area contributed by atoms with Crippen LogP contribution in [0.2, 0.25) is 0 Å². The molecule has 1 rings (SSSR count). The SMILES string of the molecule is C#CC(CCC)NS(=O)(=O)c1cc(N)ccc1C. The van der Waals surface area contributed by atoms with Gasteiger partial charge < -0.3 is 5.73 Å². The molecule has 0 fully saturated rings. The highest BCUT2D eigenvalue weighted by Crippen LogP contribution is 2.18. The van der Waals surface area contributed by atoms with E-state index >= 15 is 0 Å². The normalized spacial score (nSPS) is 12.9. The number of sulfonamides is 1. The molecular formula is C13H18N2O2S. The summed E-state index contributed by atoms with van der Waals surface area (Å²) in [5.74, 6) is 2.44. The molecule has 3 N–H and O–H groups in total. The molecule has 1 unspecified atom stereocenters. The second-order valence-corrected chi connectivity index (χ2v) is 5.84. The second-order valence-electron chi connectivity index (χ2n) is 4.15. The maximum absolute atomic E-state index is 12.2. The van der Waals surface area contributed by atoms with Gasteiger partial charge in [-0.2, -0.15) is 4.72 Å². The lowest BCUT2D eigenvalue weighted by Crippen LogP contribution is -2.34. The molecular weight excluding hydrogens is 248 g/mol. The van der Waals surface area contributed by atoms with Crippen LogP contribution in [0.25, 0.3) is 0 Å². The number of anilines is 1. The van der Waals surface area contributed by atoms with Crippen molar-refractivity contribution in [3.05, 3.63) is 23.8 Å². The van der Waals surface area contributed by atoms with Gasteiger partial charge in [-0.05, 0) is 31.0 Å². The molecule has 0 aliphatic rings. The van der Waals surface area contributed by atoms with E-state index in [0.29, 0.717) is 17.7 Å². The number of nitrogen functional groups attached to an aromatic ring is 1. The highest BCUT2D eigenvalue weighted by Gasteiger charge is 2.20. The summed E-state index contributed by atoms with van der Waals surface area (Å²) in [6, 6.07) is 4.30. The van der Waals surface area contributed by atoms with Crippen LogP contribution in [0.1, 0.15) is 25.3 Å². The zero-order valence-corrected chi connectivity index (χ0v) is 11.4. The zero-order chi connectivity index (χ0) is 13.8. The fraction of sp³-hybridized carbons (Fsp3) is 0.385. The summed E-state index contributed by atoms with van der Waals surface area (Å²) in [7, 11) is -3.62. The van der Waals surface area contributed by atoms with Gasteiger partial charge in [0.05, 0.1) is 10.9 Å². The van der Waals surface area contributed by atoms with Crippen molar-refractivity contribution in [2.24, 2.45) is 0 Å². The number of nitrogens with one attached hydrogen (secondary N) is 1. The molecule has 4 nitrogen and oxygen atoms in total. The first kappa shape index (κ1) is 14.6. The lowest BCUT2D eigenvalue weighted by Gasteiger charge is -2.14. The van der Waals surface area contributed by atoms with Crippen molar-refractivity contribution >= 4 is 15.7 Å². The summed E-state index contributed by atoms with van der Waals surface area (Å²) in [4.78, 5) is 0.179. The summed E-state index contributed by atoms with van der Waals surface area (Å²) < 4.78 is 26.9. The lowest BCUT2D eigenvalue weighted by molar-refractivity contribution is 0.564. The molecule has 0 aliphatic heterocycles. The Morgan fingerprint density at radius 1 is 1.50 bits per heavy atom. The van der Waals surface area contributed by atoms with Gasteiger partial charge in [0.2, 0.25) is 10.0 Å². The third kappa shape index (κ3) is 3.49. The molecule has 0 heterocycles. The zero-order valence-electron chi connectivity index (χ0n) is 10.6. The van der Waals surface area contributed by atoms with Gasteiger partial charge in [-0.15, -0.1) is 6.42 Å². The standard InChI is InChI=1S/C13H18N2O2S/c1-4-6-12(5-2)15-18(16,17)13-9-11(14)8-7-10(13)3/h2,7-9,12,15H,4,6,14H2,1,3H3. The third-order valence-electron chi connectivity index (χ3n) is 2.58. The fourth-order valence-electron chi connectivity index (χ4n) is 1.62. The maximum atomic E-state index is 12.2. The molecule has 1 atom stereocenters. The van der Waals surface area contributed by atoms with E-state index in [2.05, 4.69) is 10.6 Å². The van der Waals surface area contributed by atoms with Gasteiger partial charge in [0.15, 0.2) is 0 Å². The van der Waals surface area contributed by atoms with Crippen LogP contribution in [-0.2, 0) is 10.0 Å². The fourth-order valence-corrected chi connectivity index (χ4v) is 3.09. The molecule has 98 valence electrons. The van der Waals surface area contributed by atoms with Gasteiger partial charge in [0.1, 0.15) is 0 Å². The first-order chi connectivity index (χ1) is 8.40. The van der Waals surface area contributed by atoms with Crippen molar-refractivity contribution in [1.82, 2.24) is 4.72 Å². The number of benzene rings is 1. The summed E-state index contributed by atoms with van der Waals surface area (Å²) in [6.45, 7) is 3.67. The minimum absolute atomic E-state index is 0.179. The number of rotatable bonds is 5. The van der Waals surface area contributed by atoms with Crippen LogP contribution in [0.15, 0.2) is 23.1 Å².